The smallest absolute Gasteiger partial charge is 0.409 e. The molecule has 1 aromatic carbocycles. The van der Waals surface area contributed by atoms with Crippen molar-refractivity contribution in [2.45, 2.75) is 62.7 Å². The summed E-state index contributed by atoms with van der Waals surface area (Å²) < 4.78 is 52.0. The standard InChI is InChI=1S/C12H17N3O3S.C10H15N3O2S.C7H5ClO2.CH4/c1-10(16)14-19(17,18)11-5-6-12(13-9-11)15-7-3-2-4-8-15;11-16(14,15)9-4-5-10(12-8-9)13-6-2-1-3-7-13;8-7(9)10-6-4-2-1-3-5-6;/h5-6,9H,2-4,7-8H2,1H3,(H,14,16);4-5,8H,1-3,6-7H2,(H2,11,14,15);1-5H;1H4. The lowest BCUT2D eigenvalue weighted by molar-refractivity contribution is -0.117. The van der Waals surface area contributed by atoms with Gasteiger partial charge in [0.1, 0.15) is 27.2 Å². The van der Waals surface area contributed by atoms with Crippen LogP contribution in [0, 0.1) is 0 Å². The second-order valence-electron chi connectivity index (χ2n) is 10.2. The van der Waals surface area contributed by atoms with Gasteiger partial charge >= 0.3 is 5.43 Å². The molecule has 16 heteroatoms. The topological polar surface area (TPSA) is 182 Å². The third kappa shape index (κ3) is 12.9. The lowest BCUT2D eigenvalue weighted by atomic mass is 10.1. The van der Waals surface area contributed by atoms with Crippen molar-refractivity contribution in [1.29, 1.82) is 0 Å². The summed E-state index contributed by atoms with van der Waals surface area (Å²) in [6, 6.07) is 15.0. The van der Waals surface area contributed by atoms with Crippen molar-refractivity contribution in [3.63, 3.8) is 0 Å². The van der Waals surface area contributed by atoms with Crippen molar-refractivity contribution in [2.24, 2.45) is 5.14 Å². The van der Waals surface area contributed by atoms with Crippen LogP contribution in [0.2, 0.25) is 0 Å². The highest BCUT2D eigenvalue weighted by atomic mass is 35.5. The number of carbonyl (C=O) groups is 2. The molecule has 2 aliphatic rings. The number of aromatic nitrogens is 2. The van der Waals surface area contributed by atoms with Gasteiger partial charge in [0.15, 0.2) is 0 Å². The number of rotatable bonds is 6. The van der Waals surface area contributed by atoms with Crippen LogP contribution in [0.15, 0.2) is 76.8 Å². The van der Waals surface area contributed by atoms with E-state index in [2.05, 4.69) is 24.5 Å². The number of piperidine rings is 2. The van der Waals surface area contributed by atoms with Gasteiger partial charge in [0, 0.05) is 57.1 Å². The normalized spacial score (nSPS) is 14.7. The predicted octanol–water partition coefficient (Wildman–Crippen LogP) is 4.68. The van der Waals surface area contributed by atoms with Crippen molar-refractivity contribution in [3.8, 4) is 5.75 Å². The summed E-state index contributed by atoms with van der Waals surface area (Å²) in [5, 5.41) is 5.00. The van der Waals surface area contributed by atoms with Crippen LogP contribution in [0.3, 0.4) is 0 Å². The summed E-state index contributed by atoms with van der Waals surface area (Å²) in [7, 11) is -7.42. The molecule has 0 saturated carbocycles. The highest BCUT2D eigenvalue weighted by Gasteiger charge is 2.18. The summed E-state index contributed by atoms with van der Waals surface area (Å²) in [4.78, 5) is 33.7. The molecule has 0 spiro atoms. The molecule has 2 aliphatic heterocycles. The van der Waals surface area contributed by atoms with Crippen LogP contribution in [0.1, 0.15) is 52.9 Å². The van der Waals surface area contributed by atoms with Gasteiger partial charge in [-0.15, -0.1) is 0 Å². The van der Waals surface area contributed by atoms with Crippen LogP contribution >= 0.6 is 11.6 Å². The zero-order chi connectivity index (χ0) is 32.9. The first kappa shape index (κ1) is 38.4. The molecule has 3 aromatic rings. The summed E-state index contributed by atoms with van der Waals surface area (Å²) >= 11 is 4.95. The molecule has 1 amide bonds. The summed E-state index contributed by atoms with van der Waals surface area (Å²) in [6.45, 7) is 5.03. The van der Waals surface area contributed by atoms with Gasteiger partial charge in [-0.05, 0) is 74.9 Å². The van der Waals surface area contributed by atoms with E-state index in [9.17, 15) is 26.4 Å². The number of nitrogens with one attached hydrogen (secondary N) is 1. The number of pyridine rings is 2. The van der Waals surface area contributed by atoms with Gasteiger partial charge in [-0.1, -0.05) is 25.6 Å². The number of halogens is 1. The first-order valence-electron chi connectivity index (χ1n) is 14.3. The van der Waals surface area contributed by atoms with E-state index >= 15 is 0 Å². The van der Waals surface area contributed by atoms with Crippen molar-refractivity contribution in [3.05, 3.63) is 67.0 Å². The number of amides is 1. The van der Waals surface area contributed by atoms with Crippen LogP contribution in [-0.2, 0) is 24.8 Å². The van der Waals surface area contributed by atoms with E-state index in [0.29, 0.717) is 5.75 Å². The number of primary sulfonamides is 1. The van der Waals surface area contributed by atoms with Crippen LogP contribution in [0.25, 0.3) is 0 Å². The van der Waals surface area contributed by atoms with E-state index in [4.69, 9.17) is 16.7 Å². The first-order chi connectivity index (χ1) is 21.3. The maximum Gasteiger partial charge on any atom is 0.409 e. The number of ether oxygens (including phenoxy) is 1. The first-order valence-corrected chi connectivity index (χ1v) is 17.7. The number of hydrogen-bond donors (Lipinski definition) is 2. The maximum atomic E-state index is 11.7. The van der Waals surface area contributed by atoms with Crippen LogP contribution in [-0.4, -0.2) is 64.3 Å². The molecule has 0 radical (unpaired) electrons. The zero-order valence-corrected chi connectivity index (χ0v) is 27.2. The molecule has 2 fully saturated rings. The largest absolute Gasteiger partial charge is 0.415 e. The van der Waals surface area contributed by atoms with E-state index in [1.165, 1.54) is 50.2 Å². The molecule has 4 heterocycles. The molecule has 0 unspecified atom stereocenters. The van der Waals surface area contributed by atoms with Gasteiger partial charge in [-0.2, -0.15) is 0 Å². The Hall–Kier alpha value is -3.79. The molecular formula is C30H41ClN6O7S2. The summed E-state index contributed by atoms with van der Waals surface area (Å²) in [6.07, 6.45) is 9.68. The average Bonchev–Trinajstić information content (AvgIpc) is 3.02. The fraction of sp³-hybridized carbons (Fsp3) is 0.400. The van der Waals surface area contributed by atoms with Gasteiger partial charge in [-0.3, -0.25) is 4.79 Å². The fourth-order valence-electron chi connectivity index (χ4n) is 4.52. The zero-order valence-electron chi connectivity index (χ0n) is 24.8. The van der Waals surface area contributed by atoms with Crippen molar-refractivity contribution in [2.75, 3.05) is 36.0 Å². The number of nitrogens with zero attached hydrogens (tertiary/aromatic N) is 4. The van der Waals surface area contributed by atoms with E-state index in [1.54, 1.807) is 36.4 Å². The Morgan fingerprint density at radius 3 is 1.59 bits per heavy atom. The van der Waals surface area contributed by atoms with Crippen molar-refractivity contribution >= 4 is 54.6 Å². The minimum absolute atomic E-state index is 0. The Balaban J connectivity index is 0.000000248. The van der Waals surface area contributed by atoms with Crippen LogP contribution in [0.4, 0.5) is 16.4 Å². The van der Waals surface area contributed by atoms with E-state index in [0.717, 1.165) is 57.6 Å². The number of sulfonamides is 2. The summed E-state index contributed by atoms with van der Waals surface area (Å²) in [5.74, 6) is 1.45. The van der Waals surface area contributed by atoms with E-state index in [-0.39, 0.29) is 17.2 Å². The Kier molecular flexibility index (Phi) is 15.3. The van der Waals surface area contributed by atoms with E-state index in [1.807, 2.05) is 10.8 Å². The van der Waals surface area contributed by atoms with Gasteiger partial charge in [0.2, 0.25) is 15.9 Å². The maximum absolute atomic E-state index is 11.7. The SMILES string of the molecule is C.CC(=O)NS(=O)(=O)c1ccc(N2CCCCC2)nc1.NS(=O)(=O)c1ccc(N2CCCCC2)nc1.O=C(Cl)Oc1ccccc1. The number of nitrogens with two attached hydrogens (primary N) is 1. The van der Waals surface area contributed by atoms with E-state index < -0.39 is 31.4 Å². The minimum Gasteiger partial charge on any atom is -0.415 e. The molecule has 0 aliphatic carbocycles. The molecule has 3 N–H and O–H groups in total. The molecule has 13 nitrogen and oxygen atoms in total. The monoisotopic (exact) mass is 696 g/mol. The molecule has 2 aromatic heterocycles. The number of para-hydroxylation sites is 1. The van der Waals surface area contributed by atoms with Gasteiger partial charge in [0.05, 0.1) is 0 Å². The van der Waals surface area contributed by atoms with Crippen LogP contribution < -0.4 is 24.4 Å². The summed E-state index contributed by atoms with van der Waals surface area (Å²) in [5.41, 5.74) is -0.814. The molecular weight excluding hydrogens is 656 g/mol. The average molecular weight is 697 g/mol. The van der Waals surface area contributed by atoms with Crippen molar-refractivity contribution in [1.82, 2.24) is 14.7 Å². The fourth-order valence-corrected chi connectivity index (χ4v) is 6.00. The molecule has 46 heavy (non-hydrogen) atoms. The molecule has 2 saturated heterocycles. The Morgan fingerprint density at radius 2 is 1.22 bits per heavy atom. The predicted molar refractivity (Wildman–Crippen MR) is 178 cm³/mol. The molecule has 252 valence electrons. The van der Waals surface area contributed by atoms with Crippen molar-refractivity contribution < 1.29 is 31.2 Å². The minimum atomic E-state index is -3.79. The number of anilines is 2. The Morgan fingerprint density at radius 1 is 0.761 bits per heavy atom. The number of benzene rings is 1. The number of carbonyl (C=O) groups excluding carboxylic acids is 2. The Labute approximate surface area is 276 Å². The molecule has 0 atom stereocenters. The third-order valence-corrected chi connectivity index (χ3v) is 9.05. The number of hydrogen-bond acceptors (Lipinski definition) is 11. The quantitative estimate of drug-likeness (QED) is 0.342. The molecule has 5 rings (SSSR count). The second-order valence-corrected chi connectivity index (χ2v) is 13.7. The van der Waals surface area contributed by atoms with Gasteiger partial charge in [0.25, 0.3) is 10.0 Å². The third-order valence-electron chi connectivity index (χ3n) is 6.66. The highest BCUT2D eigenvalue weighted by molar-refractivity contribution is 7.90. The second kappa shape index (κ2) is 18.4. The van der Waals surface area contributed by atoms with Gasteiger partial charge < -0.3 is 14.5 Å². The lowest BCUT2D eigenvalue weighted by Crippen LogP contribution is -2.31. The van der Waals surface area contributed by atoms with Crippen LogP contribution in [0.5, 0.6) is 5.75 Å². The van der Waals surface area contributed by atoms with Gasteiger partial charge in [-0.25, -0.2) is 41.5 Å². The Bertz CT molecular complexity index is 1600. The highest BCUT2D eigenvalue weighted by Crippen LogP contribution is 2.20. The lowest BCUT2D eigenvalue weighted by Gasteiger charge is -2.27. The molecule has 0 bridgehead atoms.